The third-order valence-corrected chi connectivity index (χ3v) is 3.55. The van der Waals surface area contributed by atoms with E-state index in [4.69, 9.17) is 10.5 Å². The summed E-state index contributed by atoms with van der Waals surface area (Å²) in [5.41, 5.74) is 8.01. The fraction of sp³-hybridized carbons (Fsp3) is 0.0833. The molecular formula is C12H11N3OS. The minimum Gasteiger partial charge on any atom is -0.497 e. The first kappa shape index (κ1) is 10.2. The molecule has 0 amide bonds. The number of benzene rings is 1. The number of rotatable bonds is 2. The van der Waals surface area contributed by atoms with Crippen LogP contribution < -0.4 is 10.5 Å². The summed E-state index contributed by atoms with van der Waals surface area (Å²) in [6.07, 6.45) is 1.78. The van der Waals surface area contributed by atoms with Crippen LogP contribution in [0.1, 0.15) is 0 Å². The monoisotopic (exact) mass is 245 g/mol. The number of hydrogen-bond donors (Lipinski definition) is 1. The Morgan fingerprint density at radius 1 is 1.29 bits per heavy atom. The van der Waals surface area contributed by atoms with Crippen molar-refractivity contribution in [2.75, 3.05) is 12.8 Å². The first-order chi connectivity index (χ1) is 8.29. The smallest absolute Gasteiger partial charge is 0.206 e. The molecule has 0 bridgehead atoms. The van der Waals surface area contributed by atoms with Gasteiger partial charge >= 0.3 is 0 Å². The van der Waals surface area contributed by atoms with Crippen molar-refractivity contribution in [3.63, 3.8) is 0 Å². The maximum Gasteiger partial charge on any atom is 0.206 e. The first-order valence-electron chi connectivity index (χ1n) is 5.14. The highest BCUT2D eigenvalue weighted by Gasteiger charge is 2.09. The molecule has 86 valence electrons. The number of anilines is 1. The summed E-state index contributed by atoms with van der Waals surface area (Å²) in [6, 6.07) is 7.90. The van der Waals surface area contributed by atoms with E-state index in [1.807, 2.05) is 28.7 Å². The Labute approximate surface area is 102 Å². The van der Waals surface area contributed by atoms with Crippen molar-refractivity contribution in [1.82, 2.24) is 9.38 Å². The van der Waals surface area contributed by atoms with Gasteiger partial charge in [0.15, 0.2) is 0 Å². The Morgan fingerprint density at radius 3 is 2.76 bits per heavy atom. The number of nitrogens with zero attached hydrogens (tertiary/aromatic N) is 2. The second-order valence-electron chi connectivity index (χ2n) is 3.64. The van der Waals surface area contributed by atoms with Gasteiger partial charge in [-0.1, -0.05) is 0 Å². The molecule has 17 heavy (non-hydrogen) atoms. The van der Waals surface area contributed by atoms with Crippen molar-refractivity contribution in [2.45, 2.75) is 0 Å². The molecule has 2 aromatic heterocycles. The third-order valence-electron chi connectivity index (χ3n) is 2.67. The molecule has 0 aliphatic heterocycles. The van der Waals surface area contributed by atoms with Gasteiger partial charge in [-0.3, -0.25) is 4.40 Å². The summed E-state index contributed by atoms with van der Waals surface area (Å²) in [6.45, 7) is 0. The van der Waals surface area contributed by atoms with Crippen LogP contribution in [0.4, 0.5) is 5.95 Å². The van der Waals surface area contributed by atoms with Crippen LogP contribution in [0, 0.1) is 0 Å². The zero-order chi connectivity index (χ0) is 11.8. The topological polar surface area (TPSA) is 52.5 Å². The molecule has 2 heterocycles. The highest BCUT2D eigenvalue weighted by Crippen LogP contribution is 2.29. The largest absolute Gasteiger partial charge is 0.497 e. The number of nitrogens with two attached hydrogens (primary N) is 1. The number of methoxy groups -OCH3 is 1. The first-order valence-corrected chi connectivity index (χ1v) is 6.02. The lowest BCUT2D eigenvalue weighted by atomic mass is 10.2. The van der Waals surface area contributed by atoms with E-state index in [2.05, 4.69) is 10.4 Å². The van der Waals surface area contributed by atoms with Gasteiger partial charge in [0.2, 0.25) is 5.95 Å². The number of fused-ring (bicyclic) bond motifs is 1. The summed E-state index contributed by atoms with van der Waals surface area (Å²) in [5.74, 6) is 1.37. The second kappa shape index (κ2) is 3.78. The second-order valence-corrected chi connectivity index (χ2v) is 4.53. The van der Waals surface area contributed by atoms with Gasteiger partial charge < -0.3 is 10.5 Å². The van der Waals surface area contributed by atoms with Crippen molar-refractivity contribution in [3.05, 3.63) is 35.8 Å². The van der Waals surface area contributed by atoms with E-state index in [9.17, 15) is 0 Å². The van der Waals surface area contributed by atoms with Gasteiger partial charge in [-0.15, -0.1) is 11.3 Å². The average molecular weight is 245 g/mol. The fourth-order valence-electron chi connectivity index (χ4n) is 1.80. The maximum absolute atomic E-state index is 5.85. The fourth-order valence-corrected chi connectivity index (χ4v) is 2.69. The third kappa shape index (κ3) is 1.55. The molecule has 5 heteroatoms. The Bertz CT molecular complexity index is 654. The molecule has 0 aliphatic carbocycles. The number of hydrogen-bond acceptors (Lipinski definition) is 4. The van der Waals surface area contributed by atoms with Gasteiger partial charge in [-0.2, -0.15) is 0 Å². The van der Waals surface area contributed by atoms with Gasteiger partial charge in [0.05, 0.1) is 19.0 Å². The normalized spacial score (nSPS) is 10.9. The minimum atomic E-state index is 0.520. The molecule has 0 aliphatic rings. The Kier molecular flexibility index (Phi) is 2.26. The summed E-state index contributed by atoms with van der Waals surface area (Å²) < 4.78 is 7.09. The van der Waals surface area contributed by atoms with Crippen LogP contribution in [-0.4, -0.2) is 16.5 Å². The standard InChI is InChI=1S/C12H11N3OS/c1-16-9-4-2-8(3-5-9)10-7-17-11-6-14-12(13)15(10)11/h2-7H,1H3,(H2,13,14). The van der Waals surface area contributed by atoms with Crippen molar-refractivity contribution in [2.24, 2.45) is 0 Å². The van der Waals surface area contributed by atoms with E-state index in [0.717, 1.165) is 21.8 Å². The van der Waals surface area contributed by atoms with E-state index in [1.165, 1.54) is 0 Å². The van der Waals surface area contributed by atoms with Crippen molar-refractivity contribution in [1.29, 1.82) is 0 Å². The molecule has 0 saturated heterocycles. The lowest BCUT2D eigenvalue weighted by molar-refractivity contribution is 0.415. The van der Waals surface area contributed by atoms with Crippen LogP contribution in [0.3, 0.4) is 0 Å². The Hall–Kier alpha value is -2.01. The average Bonchev–Trinajstić information content (AvgIpc) is 2.93. The van der Waals surface area contributed by atoms with Gasteiger partial charge in [-0.05, 0) is 29.8 Å². The molecule has 0 spiro atoms. The molecule has 1 aromatic carbocycles. The summed E-state index contributed by atoms with van der Waals surface area (Å²) in [7, 11) is 1.66. The zero-order valence-corrected chi connectivity index (χ0v) is 10.1. The van der Waals surface area contributed by atoms with Crippen LogP contribution >= 0.6 is 11.3 Å². The molecular weight excluding hydrogens is 234 g/mol. The molecule has 4 nitrogen and oxygen atoms in total. The summed E-state index contributed by atoms with van der Waals surface area (Å²) >= 11 is 1.63. The maximum atomic E-state index is 5.85. The zero-order valence-electron chi connectivity index (χ0n) is 9.25. The van der Waals surface area contributed by atoms with Crippen LogP contribution in [0.25, 0.3) is 16.1 Å². The van der Waals surface area contributed by atoms with E-state index < -0.39 is 0 Å². The minimum absolute atomic E-state index is 0.520. The number of thiazole rings is 1. The lowest BCUT2D eigenvalue weighted by Crippen LogP contribution is -1.94. The highest BCUT2D eigenvalue weighted by molar-refractivity contribution is 7.16. The molecule has 0 saturated carbocycles. The van der Waals surface area contributed by atoms with Gasteiger partial charge in [-0.25, -0.2) is 4.98 Å². The molecule has 0 unspecified atom stereocenters. The molecule has 0 atom stereocenters. The SMILES string of the molecule is COc1ccc(-c2csc3cnc(N)n23)cc1. The van der Waals surface area contributed by atoms with E-state index >= 15 is 0 Å². The van der Waals surface area contributed by atoms with E-state index in [1.54, 1.807) is 24.6 Å². The predicted octanol–water partition coefficient (Wildman–Crippen LogP) is 2.65. The molecule has 2 N–H and O–H groups in total. The summed E-state index contributed by atoms with van der Waals surface area (Å²) in [5, 5.41) is 2.08. The number of aromatic nitrogens is 2. The van der Waals surface area contributed by atoms with Gasteiger partial charge in [0, 0.05) is 5.38 Å². The molecule has 3 rings (SSSR count). The van der Waals surface area contributed by atoms with Crippen LogP contribution in [0.5, 0.6) is 5.75 Å². The Morgan fingerprint density at radius 2 is 2.06 bits per heavy atom. The van der Waals surface area contributed by atoms with Crippen LogP contribution in [-0.2, 0) is 0 Å². The van der Waals surface area contributed by atoms with Crippen molar-refractivity contribution in [3.8, 4) is 17.0 Å². The molecule has 0 fully saturated rings. The predicted molar refractivity (Wildman–Crippen MR) is 69.5 cm³/mol. The van der Waals surface area contributed by atoms with Gasteiger partial charge in [0.25, 0.3) is 0 Å². The Balaban J connectivity index is 2.16. The quantitative estimate of drug-likeness (QED) is 0.755. The summed E-state index contributed by atoms with van der Waals surface area (Å²) in [4.78, 5) is 5.15. The van der Waals surface area contributed by atoms with Crippen LogP contribution in [0.15, 0.2) is 35.8 Å². The van der Waals surface area contributed by atoms with Gasteiger partial charge in [0.1, 0.15) is 10.6 Å². The number of nitrogen functional groups attached to an aromatic ring is 1. The van der Waals surface area contributed by atoms with Crippen molar-refractivity contribution < 1.29 is 4.74 Å². The van der Waals surface area contributed by atoms with E-state index in [0.29, 0.717) is 5.95 Å². The number of imidazole rings is 1. The lowest BCUT2D eigenvalue weighted by Gasteiger charge is -2.03. The van der Waals surface area contributed by atoms with E-state index in [-0.39, 0.29) is 0 Å². The molecule has 3 aromatic rings. The highest BCUT2D eigenvalue weighted by atomic mass is 32.1. The van der Waals surface area contributed by atoms with Crippen molar-refractivity contribution >= 4 is 22.1 Å². The molecule has 0 radical (unpaired) electrons. The van der Waals surface area contributed by atoms with Crippen LogP contribution in [0.2, 0.25) is 0 Å². The number of ether oxygens (including phenoxy) is 1.